The molecule has 0 saturated carbocycles. The number of hydrogen-bond acceptors (Lipinski definition) is 4. The number of para-hydroxylation sites is 1. The molecule has 2 N–H and O–H groups in total. The molecule has 0 saturated heterocycles. The van der Waals surface area contributed by atoms with Gasteiger partial charge in [-0.3, -0.25) is 19.4 Å². The number of carbonyl (C=O) groups is 2. The first kappa shape index (κ1) is 18.3. The van der Waals surface area contributed by atoms with Crippen molar-refractivity contribution in [2.75, 3.05) is 5.32 Å². The van der Waals surface area contributed by atoms with Crippen LogP contribution in [0, 0.1) is 0 Å². The molecule has 0 aliphatic rings. The Balaban J connectivity index is 1.59. The van der Waals surface area contributed by atoms with Crippen LogP contribution in [0.4, 0.5) is 5.69 Å². The van der Waals surface area contributed by atoms with E-state index < -0.39 is 5.91 Å². The van der Waals surface area contributed by atoms with E-state index in [0.29, 0.717) is 11.3 Å². The summed E-state index contributed by atoms with van der Waals surface area (Å²) >= 11 is 0. The van der Waals surface area contributed by atoms with Gasteiger partial charge < -0.3 is 5.32 Å². The number of amides is 2. The Morgan fingerprint density at radius 2 is 1.56 bits per heavy atom. The zero-order valence-corrected chi connectivity index (χ0v) is 14.6. The molecule has 3 aromatic rings. The average molecular weight is 361 g/mol. The molecule has 0 unspecified atom stereocenters. The van der Waals surface area contributed by atoms with Crippen LogP contribution in [0.3, 0.4) is 0 Å². The zero-order valence-electron chi connectivity index (χ0n) is 14.6. The van der Waals surface area contributed by atoms with E-state index in [-0.39, 0.29) is 18.9 Å². The number of hydroxylamine groups is 1. The fraction of sp³-hybridized carbons (Fsp3) is 0.0952. The maximum absolute atomic E-state index is 12.4. The largest absolute Gasteiger partial charge is 0.325 e. The number of nitrogens with zero attached hydrogens (tertiary/aromatic N) is 1. The van der Waals surface area contributed by atoms with Gasteiger partial charge in [-0.2, -0.15) is 0 Å². The Morgan fingerprint density at radius 3 is 2.33 bits per heavy atom. The van der Waals surface area contributed by atoms with Gasteiger partial charge in [0.05, 0.1) is 24.3 Å². The molecule has 3 rings (SSSR count). The Hall–Kier alpha value is -3.51. The fourth-order valence-electron chi connectivity index (χ4n) is 2.48. The van der Waals surface area contributed by atoms with Crippen LogP contribution in [0.15, 0.2) is 79.1 Å². The van der Waals surface area contributed by atoms with Crippen molar-refractivity contribution in [1.82, 2.24) is 10.5 Å². The average Bonchev–Trinajstić information content (AvgIpc) is 2.70. The Kier molecular flexibility index (Phi) is 6.27. The van der Waals surface area contributed by atoms with Crippen molar-refractivity contribution in [3.8, 4) is 0 Å². The molecule has 136 valence electrons. The number of nitrogens with one attached hydrogen (secondary N) is 2. The molecule has 2 aromatic carbocycles. The molecule has 0 atom stereocenters. The van der Waals surface area contributed by atoms with E-state index in [1.54, 1.807) is 48.8 Å². The van der Waals surface area contributed by atoms with Gasteiger partial charge in [0.1, 0.15) is 0 Å². The standard InChI is InChI=1S/C21H19N3O3/c25-20(14-16-10-12-22-13-11-16)23-19-9-5-4-8-18(19)21(26)24-27-15-17-6-2-1-3-7-17/h1-13H,14-15H2,(H,23,25)(H,24,26). The van der Waals surface area contributed by atoms with Crippen LogP contribution in [0.5, 0.6) is 0 Å². The van der Waals surface area contributed by atoms with Crippen molar-refractivity contribution in [2.45, 2.75) is 13.0 Å². The number of hydrogen-bond donors (Lipinski definition) is 2. The first-order chi connectivity index (χ1) is 13.2. The maximum atomic E-state index is 12.4. The molecule has 0 aliphatic heterocycles. The molecule has 0 spiro atoms. The summed E-state index contributed by atoms with van der Waals surface area (Å²) in [6, 6.07) is 19.8. The molecular formula is C21H19N3O3. The number of pyridine rings is 1. The highest BCUT2D eigenvalue weighted by atomic mass is 16.6. The second kappa shape index (κ2) is 9.26. The lowest BCUT2D eigenvalue weighted by molar-refractivity contribution is -0.115. The third kappa shape index (κ3) is 5.49. The number of anilines is 1. The Labute approximate surface area is 157 Å². The monoisotopic (exact) mass is 361 g/mol. The maximum Gasteiger partial charge on any atom is 0.276 e. The van der Waals surface area contributed by atoms with Crippen molar-refractivity contribution < 1.29 is 14.4 Å². The zero-order chi connectivity index (χ0) is 18.9. The summed E-state index contributed by atoms with van der Waals surface area (Å²) in [6.07, 6.45) is 3.46. The summed E-state index contributed by atoms with van der Waals surface area (Å²) in [5.41, 5.74) is 4.95. The third-order valence-electron chi connectivity index (χ3n) is 3.81. The third-order valence-corrected chi connectivity index (χ3v) is 3.81. The molecule has 0 bridgehead atoms. The number of rotatable bonds is 7. The van der Waals surface area contributed by atoms with Gasteiger partial charge in [0, 0.05) is 12.4 Å². The molecule has 6 heteroatoms. The first-order valence-electron chi connectivity index (χ1n) is 8.46. The predicted molar refractivity (Wildman–Crippen MR) is 102 cm³/mol. The normalized spacial score (nSPS) is 10.2. The van der Waals surface area contributed by atoms with Gasteiger partial charge >= 0.3 is 0 Å². The molecule has 1 heterocycles. The second-order valence-electron chi connectivity index (χ2n) is 5.83. The SMILES string of the molecule is O=C(Cc1ccncc1)Nc1ccccc1C(=O)NOCc1ccccc1. The van der Waals surface area contributed by atoms with Gasteiger partial charge in [-0.1, -0.05) is 42.5 Å². The van der Waals surface area contributed by atoms with Crippen LogP contribution in [0.25, 0.3) is 0 Å². The van der Waals surface area contributed by atoms with Crippen molar-refractivity contribution >= 4 is 17.5 Å². The topological polar surface area (TPSA) is 80.3 Å². The fourth-order valence-corrected chi connectivity index (χ4v) is 2.48. The van der Waals surface area contributed by atoms with E-state index >= 15 is 0 Å². The summed E-state index contributed by atoms with van der Waals surface area (Å²) < 4.78 is 0. The van der Waals surface area contributed by atoms with Crippen LogP contribution in [-0.4, -0.2) is 16.8 Å². The summed E-state index contributed by atoms with van der Waals surface area (Å²) in [5, 5.41) is 2.77. The number of carbonyl (C=O) groups excluding carboxylic acids is 2. The molecular weight excluding hydrogens is 342 g/mol. The minimum Gasteiger partial charge on any atom is -0.325 e. The molecule has 1 aromatic heterocycles. The summed E-state index contributed by atoms with van der Waals surface area (Å²) in [5.74, 6) is -0.641. The molecule has 0 radical (unpaired) electrons. The van der Waals surface area contributed by atoms with Crippen LogP contribution in [0.2, 0.25) is 0 Å². The van der Waals surface area contributed by atoms with Crippen molar-refractivity contribution in [2.24, 2.45) is 0 Å². The summed E-state index contributed by atoms with van der Waals surface area (Å²) in [4.78, 5) is 33.9. The van der Waals surface area contributed by atoms with Crippen LogP contribution < -0.4 is 10.8 Å². The van der Waals surface area contributed by atoms with Gasteiger partial charge in [0.15, 0.2) is 0 Å². The smallest absolute Gasteiger partial charge is 0.276 e. The lowest BCUT2D eigenvalue weighted by Crippen LogP contribution is -2.25. The summed E-state index contributed by atoms with van der Waals surface area (Å²) in [6.45, 7) is 0.253. The van der Waals surface area contributed by atoms with E-state index in [4.69, 9.17) is 4.84 Å². The molecule has 2 amide bonds. The molecule has 0 fully saturated rings. The second-order valence-corrected chi connectivity index (χ2v) is 5.83. The number of benzene rings is 2. The highest BCUT2D eigenvalue weighted by molar-refractivity contribution is 6.03. The highest BCUT2D eigenvalue weighted by Gasteiger charge is 2.13. The van der Waals surface area contributed by atoms with Gasteiger partial charge in [-0.15, -0.1) is 0 Å². The van der Waals surface area contributed by atoms with Gasteiger partial charge in [0.2, 0.25) is 5.91 Å². The highest BCUT2D eigenvalue weighted by Crippen LogP contribution is 2.15. The Bertz CT molecular complexity index is 899. The lowest BCUT2D eigenvalue weighted by Gasteiger charge is -2.11. The van der Waals surface area contributed by atoms with Gasteiger partial charge in [-0.25, -0.2) is 5.48 Å². The molecule has 6 nitrogen and oxygen atoms in total. The minimum absolute atomic E-state index is 0.197. The number of aromatic nitrogens is 1. The van der Waals surface area contributed by atoms with Crippen LogP contribution >= 0.6 is 0 Å². The van der Waals surface area contributed by atoms with Crippen LogP contribution in [0.1, 0.15) is 21.5 Å². The van der Waals surface area contributed by atoms with Crippen molar-refractivity contribution in [3.63, 3.8) is 0 Å². The summed E-state index contributed by atoms with van der Waals surface area (Å²) in [7, 11) is 0. The van der Waals surface area contributed by atoms with Gasteiger partial charge in [0.25, 0.3) is 5.91 Å². The Morgan fingerprint density at radius 1 is 0.852 bits per heavy atom. The van der Waals surface area contributed by atoms with E-state index in [1.165, 1.54) is 0 Å². The quantitative estimate of drug-likeness (QED) is 0.634. The lowest BCUT2D eigenvalue weighted by atomic mass is 10.1. The van der Waals surface area contributed by atoms with E-state index in [2.05, 4.69) is 15.8 Å². The van der Waals surface area contributed by atoms with Crippen LogP contribution in [-0.2, 0) is 22.7 Å². The minimum atomic E-state index is -0.425. The molecule has 27 heavy (non-hydrogen) atoms. The van der Waals surface area contributed by atoms with E-state index in [9.17, 15) is 9.59 Å². The predicted octanol–water partition coefficient (Wildman–Crippen LogP) is 3.12. The van der Waals surface area contributed by atoms with Crippen molar-refractivity contribution in [1.29, 1.82) is 0 Å². The first-order valence-corrected chi connectivity index (χ1v) is 8.46. The van der Waals surface area contributed by atoms with E-state index in [1.807, 2.05) is 30.3 Å². The van der Waals surface area contributed by atoms with E-state index in [0.717, 1.165) is 11.1 Å². The van der Waals surface area contributed by atoms with Gasteiger partial charge in [-0.05, 0) is 35.4 Å². The van der Waals surface area contributed by atoms with Crippen molar-refractivity contribution in [3.05, 3.63) is 95.8 Å². The molecule has 0 aliphatic carbocycles.